The SMILES string of the molecule is CC(C)C[C@H](NC(=O)N[C@H](C(=O)N[C@@H](CCC(N)=O)C(=O)N[C@@H](C)C=O)C1CCNC(=N)N1)C(=O)O. The van der Waals surface area contributed by atoms with Crippen molar-refractivity contribution in [3.8, 4) is 0 Å². The summed E-state index contributed by atoms with van der Waals surface area (Å²) in [6.45, 7) is 5.32. The van der Waals surface area contributed by atoms with Gasteiger partial charge in [0.1, 0.15) is 24.4 Å². The zero-order valence-electron chi connectivity index (χ0n) is 20.6. The number of nitrogens with one attached hydrogen (secondary N) is 7. The van der Waals surface area contributed by atoms with Crippen molar-refractivity contribution in [2.45, 2.75) is 76.7 Å². The van der Waals surface area contributed by atoms with Crippen LogP contribution in [0.4, 0.5) is 4.79 Å². The monoisotopic (exact) mass is 512 g/mol. The number of aliphatic carboxylic acids is 1. The highest BCUT2D eigenvalue weighted by atomic mass is 16.4. The molecule has 0 aliphatic carbocycles. The molecule has 1 aliphatic heterocycles. The maximum Gasteiger partial charge on any atom is 0.326 e. The number of hydrogen-bond donors (Lipinski definition) is 9. The van der Waals surface area contributed by atoms with Crippen LogP contribution >= 0.6 is 0 Å². The number of carbonyl (C=O) groups excluding carboxylic acids is 5. The fourth-order valence-corrected chi connectivity index (χ4v) is 3.47. The van der Waals surface area contributed by atoms with E-state index < -0.39 is 59.9 Å². The molecule has 1 unspecified atom stereocenters. The minimum Gasteiger partial charge on any atom is -0.480 e. The van der Waals surface area contributed by atoms with Crippen molar-refractivity contribution in [1.82, 2.24) is 31.9 Å². The van der Waals surface area contributed by atoms with E-state index in [0.29, 0.717) is 19.3 Å². The Bertz CT molecular complexity index is 850. The van der Waals surface area contributed by atoms with E-state index in [4.69, 9.17) is 11.1 Å². The lowest BCUT2D eigenvalue weighted by atomic mass is 10.0. The van der Waals surface area contributed by atoms with Crippen molar-refractivity contribution in [2.75, 3.05) is 6.54 Å². The number of primary amides is 1. The third-order valence-corrected chi connectivity index (χ3v) is 5.26. The van der Waals surface area contributed by atoms with Crippen molar-refractivity contribution in [2.24, 2.45) is 11.7 Å². The maximum atomic E-state index is 13.2. The number of aldehydes is 1. The molecular formula is C21H36N8O7. The topological polar surface area (TPSA) is 245 Å². The largest absolute Gasteiger partial charge is 0.480 e. The van der Waals surface area contributed by atoms with Crippen molar-refractivity contribution in [3.63, 3.8) is 0 Å². The first-order valence-electron chi connectivity index (χ1n) is 11.6. The number of nitrogens with two attached hydrogens (primary N) is 1. The average molecular weight is 513 g/mol. The van der Waals surface area contributed by atoms with Crippen LogP contribution in [0.15, 0.2) is 0 Å². The van der Waals surface area contributed by atoms with E-state index in [2.05, 4.69) is 31.9 Å². The van der Waals surface area contributed by atoms with Crippen LogP contribution in [0.3, 0.4) is 0 Å². The summed E-state index contributed by atoms with van der Waals surface area (Å²) in [4.78, 5) is 72.2. The normalized spacial score (nSPS) is 18.3. The molecule has 1 fully saturated rings. The highest BCUT2D eigenvalue weighted by Crippen LogP contribution is 2.08. The number of carbonyl (C=O) groups is 6. The number of urea groups is 1. The summed E-state index contributed by atoms with van der Waals surface area (Å²) in [7, 11) is 0. The van der Waals surface area contributed by atoms with Gasteiger partial charge in [0.05, 0.1) is 12.1 Å². The summed E-state index contributed by atoms with van der Waals surface area (Å²) in [5, 5.41) is 32.3. The van der Waals surface area contributed by atoms with Crippen LogP contribution < -0.4 is 37.6 Å². The summed E-state index contributed by atoms with van der Waals surface area (Å²) in [5.74, 6) is -3.63. The van der Waals surface area contributed by atoms with Crippen molar-refractivity contribution in [3.05, 3.63) is 0 Å². The van der Waals surface area contributed by atoms with E-state index in [-0.39, 0.29) is 31.1 Å². The molecule has 0 aromatic heterocycles. The molecule has 0 spiro atoms. The van der Waals surface area contributed by atoms with E-state index in [9.17, 15) is 33.9 Å². The third-order valence-electron chi connectivity index (χ3n) is 5.26. The molecule has 202 valence electrons. The fourth-order valence-electron chi connectivity index (χ4n) is 3.47. The molecule has 1 aliphatic rings. The zero-order chi connectivity index (χ0) is 27.4. The summed E-state index contributed by atoms with van der Waals surface area (Å²) < 4.78 is 0. The number of guanidine groups is 1. The van der Waals surface area contributed by atoms with Gasteiger partial charge >= 0.3 is 12.0 Å². The van der Waals surface area contributed by atoms with Crippen molar-refractivity contribution < 1.29 is 33.9 Å². The molecule has 1 rings (SSSR count). The van der Waals surface area contributed by atoms with E-state index >= 15 is 0 Å². The molecule has 0 saturated carbocycles. The lowest BCUT2D eigenvalue weighted by Gasteiger charge is -2.33. The van der Waals surface area contributed by atoms with Gasteiger partial charge in [-0.15, -0.1) is 0 Å². The van der Waals surface area contributed by atoms with Crippen LogP contribution in [0, 0.1) is 11.3 Å². The molecule has 5 amide bonds. The van der Waals surface area contributed by atoms with Crippen LogP contribution in [0.5, 0.6) is 0 Å². The van der Waals surface area contributed by atoms with Gasteiger partial charge in [0, 0.05) is 13.0 Å². The molecular weight excluding hydrogens is 476 g/mol. The molecule has 1 saturated heterocycles. The Morgan fingerprint density at radius 3 is 2.28 bits per heavy atom. The predicted octanol–water partition coefficient (Wildman–Crippen LogP) is -2.51. The quantitative estimate of drug-likeness (QED) is 0.111. The number of carboxylic acids is 1. The second kappa shape index (κ2) is 14.5. The van der Waals surface area contributed by atoms with Crippen LogP contribution in [0.1, 0.15) is 46.5 Å². The smallest absolute Gasteiger partial charge is 0.326 e. The number of hydrogen-bond acceptors (Lipinski definition) is 7. The summed E-state index contributed by atoms with van der Waals surface area (Å²) >= 11 is 0. The Kier molecular flexibility index (Phi) is 12.1. The van der Waals surface area contributed by atoms with Gasteiger partial charge in [-0.3, -0.25) is 19.8 Å². The summed E-state index contributed by atoms with van der Waals surface area (Å²) in [6.07, 6.45) is 0.538. The van der Waals surface area contributed by atoms with E-state index in [1.54, 1.807) is 13.8 Å². The Hall–Kier alpha value is -3.91. The Morgan fingerprint density at radius 2 is 1.75 bits per heavy atom. The van der Waals surface area contributed by atoms with Gasteiger partial charge in [-0.1, -0.05) is 13.8 Å². The minimum atomic E-state index is -1.33. The average Bonchev–Trinajstić information content (AvgIpc) is 2.78. The molecule has 10 N–H and O–H groups in total. The first kappa shape index (κ1) is 30.1. The van der Waals surface area contributed by atoms with Gasteiger partial charge in [-0.25, -0.2) is 9.59 Å². The molecule has 15 nitrogen and oxygen atoms in total. The van der Waals surface area contributed by atoms with E-state index in [0.717, 1.165) is 0 Å². The van der Waals surface area contributed by atoms with Gasteiger partial charge < -0.3 is 47.5 Å². The molecule has 0 radical (unpaired) electrons. The molecule has 0 bridgehead atoms. The molecule has 0 aromatic rings. The van der Waals surface area contributed by atoms with Gasteiger partial charge in [0.15, 0.2) is 5.96 Å². The van der Waals surface area contributed by atoms with Crippen LogP contribution in [-0.4, -0.2) is 83.8 Å². The maximum absolute atomic E-state index is 13.2. The first-order valence-corrected chi connectivity index (χ1v) is 11.6. The first-order chi connectivity index (χ1) is 16.8. The van der Waals surface area contributed by atoms with Gasteiger partial charge in [-0.05, 0) is 32.1 Å². The summed E-state index contributed by atoms with van der Waals surface area (Å²) in [6, 6.07) is -6.34. The number of carboxylic acid groups (broad SMARTS) is 1. The van der Waals surface area contributed by atoms with Gasteiger partial charge in [-0.2, -0.15) is 0 Å². The van der Waals surface area contributed by atoms with Crippen molar-refractivity contribution >= 4 is 42.0 Å². The lowest BCUT2D eigenvalue weighted by molar-refractivity contribution is -0.139. The highest BCUT2D eigenvalue weighted by molar-refractivity contribution is 5.94. The van der Waals surface area contributed by atoms with Gasteiger partial charge in [0.25, 0.3) is 0 Å². The molecule has 5 atom stereocenters. The molecule has 1 heterocycles. The van der Waals surface area contributed by atoms with Crippen LogP contribution in [0.2, 0.25) is 0 Å². The minimum absolute atomic E-state index is 0.0321. The molecule has 36 heavy (non-hydrogen) atoms. The fraction of sp³-hybridized carbons (Fsp3) is 0.667. The third kappa shape index (κ3) is 10.6. The predicted molar refractivity (Wildman–Crippen MR) is 128 cm³/mol. The second-order valence-electron chi connectivity index (χ2n) is 8.96. The van der Waals surface area contributed by atoms with Crippen LogP contribution in [0.25, 0.3) is 0 Å². The van der Waals surface area contributed by atoms with Gasteiger partial charge in [0.2, 0.25) is 17.7 Å². The Balaban J connectivity index is 3.10. The number of rotatable bonds is 14. The number of amides is 5. The van der Waals surface area contributed by atoms with Crippen molar-refractivity contribution in [1.29, 1.82) is 5.41 Å². The zero-order valence-corrected chi connectivity index (χ0v) is 20.6. The Morgan fingerprint density at radius 1 is 1.08 bits per heavy atom. The molecule has 0 aromatic carbocycles. The van der Waals surface area contributed by atoms with Crippen LogP contribution in [-0.2, 0) is 24.0 Å². The highest BCUT2D eigenvalue weighted by Gasteiger charge is 2.35. The Labute approximate surface area is 208 Å². The lowest BCUT2D eigenvalue weighted by Crippen LogP contribution is -2.66. The van der Waals surface area contributed by atoms with E-state index in [1.165, 1.54) is 6.92 Å². The molecule has 15 heteroatoms. The standard InChI is InChI=1S/C21H36N8O7/c1-10(2)8-14(19(34)35)28-21(36)29-16(12-6-7-24-20(23)27-12)18(33)26-13(4-5-15(22)31)17(32)25-11(3)9-30/h9-14,16H,4-8H2,1-3H3,(H2,22,31)(H,25,32)(H,26,33)(H,34,35)(H3,23,24,27)(H2,28,29,36)/t11-,12?,13-,14-,16-/m0/s1. The second-order valence-corrected chi connectivity index (χ2v) is 8.96. The van der Waals surface area contributed by atoms with E-state index in [1.807, 2.05) is 0 Å². The summed E-state index contributed by atoms with van der Waals surface area (Å²) in [5.41, 5.74) is 5.17.